The van der Waals surface area contributed by atoms with Gasteiger partial charge in [-0.2, -0.15) is 0 Å². The average molecular weight is 577 g/mol. The second-order valence-electron chi connectivity index (χ2n) is 12.5. The zero-order valence-electron chi connectivity index (χ0n) is 24.9. The van der Waals surface area contributed by atoms with Crippen molar-refractivity contribution < 1.29 is 23.9 Å². The number of anilines is 1. The number of amides is 1. The number of hydrogen-bond donors (Lipinski definition) is 2. The summed E-state index contributed by atoms with van der Waals surface area (Å²) in [6, 6.07) is 13.2. The first-order chi connectivity index (χ1) is 17.9. The zero-order chi connectivity index (χ0) is 29.6. The highest BCUT2D eigenvalue weighted by Gasteiger charge is 2.40. The molecule has 2 aromatic rings. The van der Waals surface area contributed by atoms with Gasteiger partial charge >= 0.3 is 12.1 Å². The highest BCUT2D eigenvalue weighted by molar-refractivity contribution is 6.74. The molecule has 0 fully saturated rings. The van der Waals surface area contributed by atoms with Crippen LogP contribution >= 0.6 is 11.6 Å². The molecule has 0 aromatic heterocycles. The largest absolute Gasteiger partial charge is 0.481 e. The van der Waals surface area contributed by atoms with E-state index in [0.717, 1.165) is 22.4 Å². The lowest BCUT2D eigenvalue weighted by Crippen LogP contribution is -2.46. The van der Waals surface area contributed by atoms with Crippen molar-refractivity contribution >= 4 is 37.7 Å². The molecule has 9 heteroatoms. The zero-order valence-corrected chi connectivity index (χ0v) is 26.6. The van der Waals surface area contributed by atoms with Crippen LogP contribution < -0.4 is 5.32 Å². The number of carboxylic acids is 1. The first-order valence-corrected chi connectivity index (χ1v) is 16.6. The SMILES string of the molecule is Cc1cc(NCCN(CC(O[Si](C)(C)C(C)(C)C)c2cccc(Cl)c2)C(=O)OC(C)(C)C)ccc1CC(=O)O. The summed E-state index contributed by atoms with van der Waals surface area (Å²) in [7, 11) is -2.20. The highest BCUT2D eigenvalue weighted by Crippen LogP contribution is 2.40. The number of carboxylic acid groups (broad SMARTS) is 1. The summed E-state index contributed by atoms with van der Waals surface area (Å²) in [4.78, 5) is 26.1. The molecule has 0 spiro atoms. The molecule has 0 saturated carbocycles. The van der Waals surface area contributed by atoms with Crippen LogP contribution in [0.1, 0.15) is 64.3 Å². The van der Waals surface area contributed by atoms with Gasteiger partial charge in [-0.05, 0) is 86.8 Å². The maximum atomic E-state index is 13.3. The minimum absolute atomic E-state index is 0.0162. The Labute approximate surface area is 240 Å². The van der Waals surface area contributed by atoms with E-state index < -0.39 is 26.0 Å². The first-order valence-electron chi connectivity index (χ1n) is 13.3. The molecule has 0 heterocycles. The average Bonchev–Trinajstić information content (AvgIpc) is 2.77. The lowest BCUT2D eigenvalue weighted by Gasteiger charge is -2.40. The van der Waals surface area contributed by atoms with E-state index in [0.29, 0.717) is 24.7 Å². The van der Waals surface area contributed by atoms with Crippen LogP contribution in [0, 0.1) is 6.92 Å². The molecule has 0 radical (unpaired) electrons. The van der Waals surface area contributed by atoms with E-state index in [1.54, 1.807) is 4.90 Å². The minimum atomic E-state index is -2.20. The topological polar surface area (TPSA) is 88.1 Å². The van der Waals surface area contributed by atoms with E-state index in [1.165, 1.54) is 0 Å². The number of aryl methyl sites for hydroxylation is 1. The van der Waals surface area contributed by atoms with Crippen molar-refractivity contribution in [3.05, 3.63) is 64.2 Å². The van der Waals surface area contributed by atoms with E-state index in [9.17, 15) is 9.59 Å². The molecule has 0 saturated heterocycles. The molecule has 2 rings (SSSR count). The Bertz CT molecular complexity index is 1140. The Morgan fingerprint density at radius 2 is 1.74 bits per heavy atom. The van der Waals surface area contributed by atoms with Crippen LogP contribution in [0.25, 0.3) is 0 Å². The quantitative estimate of drug-likeness (QED) is 0.267. The Morgan fingerprint density at radius 1 is 1.08 bits per heavy atom. The second-order valence-corrected chi connectivity index (χ2v) is 17.7. The highest BCUT2D eigenvalue weighted by atomic mass is 35.5. The Kier molecular flexibility index (Phi) is 11.1. The number of rotatable bonds is 11. The van der Waals surface area contributed by atoms with Crippen LogP contribution in [0.5, 0.6) is 0 Å². The van der Waals surface area contributed by atoms with Gasteiger partial charge in [-0.25, -0.2) is 4.79 Å². The fourth-order valence-corrected chi connectivity index (χ4v) is 5.21. The number of halogens is 1. The standard InChI is InChI=1S/C30H45ClN2O5Si/c1-21-17-25(14-13-22(21)19-27(34)35)32-15-16-33(28(36)37-29(2,3)4)20-26(23-11-10-12-24(31)18-23)38-39(8,9)30(5,6)7/h10-14,17-18,26,32H,15-16,19-20H2,1-9H3,(H,34,35). The van der Waals surface area contributed by atoms with Gasteiger partial charge in [-0.3, -0.25) is 4.79 Å². The van der Waals surface area contributed by atoms with Crippen LogP contribution in [-0.2, 0) is 20.4 Å². The number of carbonyl (C=O) groups is 2. The number of carbonyl (C=O) groups excluding carboxylic acids is 1. The third-order valence-corrected chi connectivity index (χ3v) is 11.6. The smallest absolute Gasteiger partial charge is 0.410 e. The molecule has 216 valence electrons. The molecule has 2 N–H and O–H groups in total. The third kappa shape index (κ3) is 10.5. The molecule has 0 aliphatic carbocycles. The van der Waals surface area contributed by atoms with Gasteiger partial charge in [0.15, 0.2) is 8.32 Å². The molecule has 0 bridgehead atoms. The number of ether oxygens (including phenoxy) is 1. The lowest BCUT2D eigenvalue weighted by molar-refractivity contribution is -0.136. The maximum absolute atomic E-state index is 13.3. The number of nitrogens with zero attached hydrogens (tertiary/aromatic N) is 1. The summed E-state index contributed by atoms with van der Waals surface area (Å²) < 4.78 is 12.6. The van der Waals surface area contributed by atoms with Crippen molar-refractivity contribution in [1.29, 1.82) is 0 Å². The van der Waals surface area contributed by atoms with E-state index in [2.05, 4.69) is 39.2 Å². The van der Waals surface area contributed by atoms with Gasteiger partial charge < -0.3 is 24.5 Å². The van der Waals surface area contributed by atoms with Crippen molar-refractivity contribution in [3.63, 3.8) is 0 Å². The van der Waals surface area contributed by atoms with Crippen LogP contribution in [0.2, 0.25) is 23.2 Å². The molecule has 2 aromatic carbocycles. The van der Waals surface area contributed by atoms with E-state index in [1.807, 2.05) is 70.2 Å². The van der Waals surface area contributed by atoms with Gasteiger partial charge in [0.2, 0.25) is 0 Å². The summed E-state index contributed by atoms with van der Waals surface area (Å²) >= 11 is 6.35. The fourth-order valence-electron chi connectivity index (χ4n) is 3.74. The monoisotopic (exact) mass is 576 g/mol. The van der Waals surface area contributed by atoms with Gasteiger partial charge in [0.25, 0.3) is 0 Å². The molecule has 7 nitrogen and oxygen atoms in total. The molecule has 0 aliphatic heterocycles. The summed E-state index contributed by atoms with van der Waals surface area (Å²) in [6.07, 6.45) is -0.810. The van der Waals surface area contributed by atoms with Gasteiger partial charge in [0.1, 0.15) is 5.60 Å². The van der Waals surface area contributed by atoms with Crippen LogP contribution in [0.15, 0.2) is 42.5 Å². The Morgan fingerprint density at radius 3 is 2.28 bits per heavy atom. The van der Waals surface area contributed by atoms with Crippen LogP contribution in [0.3, 0.4) is 0 Å². The summed E-state index contributed by atoms with van der Waals surface area (Å²) in [5.41, 5.74) is 2.80. The van der Waals surface area contributed by atoms with Gasteiger partial charge in [-0.1, -0.05) is 50.6 Å². The molecular formula is C30H45ClN2O5Si. The fraction of sp³-hybridized carbons (Fsp3) is 0.533. The molecule has 1 atom stereocenters. The summed E-state index contributed by atoms with van der Waals surface area (Å²) in [6.45, 7) is 19.6. The second kappa shape index (κ2) is 13.2. The lowest BCUT2D eigenvalue weighted by atomic mass is 10.1. The predicted molar refractivity (Wildman–Crippen MR) is 161 cm³/mol. The molecular weight excluding hydrogens is 532 g/mol. The van der Waals surface area contributed by atoms with Gasteiger partial charge in [0.05, 0.1) is 19.1 Å². The number of benzene rings is 2. The number of aliphatic carboxylic acids is 1. The van der Waals surface area contributed by atoms with Crippen LogP contribution in [-0.4, -0.2) is 55.6 Å². The normalized spacial score (nSPS) is 13.1. The van der Waals surface area contributed by atoms with Crippen molar-refractivity contribution in [3.8, 4) is 0 Å². The van der Waals surface area contributed by atoms with Crippen molar-refractivity contribution in [1.82, 2.24) is 4.90 Å². The number of hydrogen-bond acceptors (Lipinski definition) is 5. The molecule has 1 amide bonds. The van der Waals surface area contributed by atoms with Gasteiger partial charge in [0, 0.05) is 23.8 Å². The van der Waals surface area contributed by atoms with Crippen molar-refractivity contribution in [2.24, 2.45) is 0 Å². The minimum Gasteiger partial charge on any atom is -0.481 e. The maximum Gasteiger partial charge on any atom is 0.410 e. The van der Waals surface area contributed by atoms with Crippen molar-refractivity contribution in [2.75, 3.05) is 25.0 Å². The van der Waals surface area contributed by atoms with Crippen LogP contribution in [0.4, 0.5) is 10.5 Å². The summed E-state index contributed by atoms with van der Waals surface area (Å²) in [5.74, 6) is -0.860. The Hall–Kier alpha value is -2.55. The summed E-state index contributed by atoms with van der Waals surface area (Å²) in [5, 5.41) is 13.1. The third-order valence-electron chi connectivity index (χ3n) is 6.90. The van der Waals surface area contributed by atoms with E-state index >= 15 is 0 Å². The first kappa shape index (κ1) is 32.7. The van der Waals surface area contributed by atoms with E-state index in [4.69, 9.17) is 25.9 Å². The molecule has 39 heavy (non-hydrogen) atoms. The Balaban J connectivity index is 2.29. The predicted octanol–water partition coefficient (Wildman–Crippen LogP) is 7.69. The van der Waals surface area contributed by atoms with Gasteiger partial charge in [-0.15, -0.1) is 0 Å². The molecule has 1 unspecified atom stereocenters. The molecule has 0 aliphatic rings. The van der Waals surface area contributed by atoms with E-state index in [-0.39, 0.29) is 17.6 Å². The van der Waals surface area contributed by atoms with Crippen molar-refractivity contribution in [2.45, 2.75) is 84.7 Å². The number of nitrogens with one attached hydrogen (secondary N) is 1.